The van der Waals surface area contributed by atoms with Gasteiger partial charge in [0, 0.05) is 12.1 Å². The van der Waals surface area contributed by atoms with Crippen molar-refractivity contribution in [1.82, 2.24) is 0 Å². The molecule has 1 heterocycles. The molecule has 0 radical (unpaired) electrons. The fourth-order valence-electron chi connectivity index (χ4n) is 3.39. The van der Waals surface area contributed by atoms with Gasteiger partial charge >= 0.3 is 0 Å². The molecule has 1 saturated carbocycles. The number of benzene rings is 1. The average Bonchev–Trinajstić information content (AvgIpc) is 2.46. The molecule has 5 nitrogen and oxygen atoms in total. The van der Waals surface area contributed by atoms with Crippen LogP contribution >= 0.6 is 0 Å². The van der Waals surface area contributed by atoms with Gasteiger partial charge in [0.2, 0.25) is 0 Å². The second-order valence-electron chi connectivity index (χ2n) is 6.88. The molecule has 0 spiro atoms. The number of aldehydes is 1. The predicted molar refractivity (Wildman–Crippen MR) is 84.2 cm³/mol. The van der Waals surface area contributed by atoms with E-state index >= 15 is 0 Å². The summed E-state index contributed by atoms with van der Waals surface area (Å²) in [7, 11) is 0. The lowest BCUT2D eigenvalue weighted by atomic mass is 9.82. The zero-order valence-electron chi connectivity index (χ0n) is 13.5. The molecule has 2 aliphatic rings. The molecule has 1 unspecified atom stereocenters. The second kappa shape index (κ2) is 5.87. The van der Waals surface area contributed by atoms with Crippen molar-refractivity contribution in [2.75, 3.05) is 0 Å². The van der Waals surface area contributed by atoms with Gasteiger partial charge in [0.25, 0.3) is 0 Å². The third-order valence-corrected chi connectivity index (χ3v) is 4.70. The average molecular weight is 318 g/mol. The minimum atomic E-state index is -0.943. The Labute approximate surface area is 135 Å². The smallest absolute Gasteiger partial charge is 0.184 e. The number of fused-ring (bicyclic) bond motifs is 1. The Hall–Kier alpha value is -2.04. The van der Waals surface area contributed by atoms with E-state index in [0.717, 1.165) is 25.7 Å². The number of aromatic hydroxyl groups is 1. The quantitative estimate of drug-likeness (QED) is 0.684. The number of phenols is 1. The molecule has 0 bridgehead atoms. The third-order valence-electron chi connectivity index (χ3n) is 4.70. The van der Waals surface area contributed by atoms with Gasteiger partial charge in [-0.1, -0.05) is 6.42 Å². The maximum absolute atomic E-state index is 12.5. The Kier molecular flexibility index (Phi) is 4.04. The first-order chi connectivity index (χ1) is 10.9. The van der Waals surface area contributed by atoms with Gasteiger partial charge in [0.15, 0.2) is 5.78 Å². The first kappa shape index (κ1) is 15.8. The van der Waals surface area contributed by atoms with Crippen molar-refractivity contribution in [3.8, 4) is 17.2 Å². The lowest BCUT2D eigenvalue weighted by Gasteiger charge is -2.36. The molecule has 1 fully saturated rings. The number of phenolic OH excluding ortho intramolecular Hbond substituents is 1. The SMILES string of the molecule is CC1(C)Oc2cc(OC3CCCCC3)cc(O)c2C(=O)C1C=O. The lowest BCUT2D eigenvalue weighted by molar-refractivity contribution is -0.114. The fraction of sp³-hybridized carbons (Fsp3) is 0.556. The van der Waals surface area contributed by atoms with E-state index in [1.807, 2.05) is 0 Å². The Balaban J connectivity index is 1.92. The van der Waals surface area contributed by atoms with E-state index in [4.69, 9.17) is 9.47 Å². The first-order valence-corrected chi connectivity index (χ1v) is 8.14. The van der Waals surface area contributed by atoms with Crippen LogP contribution in [0.3, 0.4) is 0 Å². The topological polar surface area (TPSA) is 72.8 Å². The van der Waals surface area contributed by atoms with Crippen LogP contribution in [0.2, 0.25) is 0 Å². The molecule has 0 saturated heterocycles. The van der Waals surface area contributed by atoms with E-state index in [1.165, 1.54) is 12.5 Å². The highest BCUT2D eigenvalue weighted by Gasteiger charge is 2.44. The van der Waals surface area contributed by atoms with Crippen molar-refractivity contribution < 1.29 is 24.2 Å². The molecule has 1 aromatic carbocycles. The molecule has 0 amide bonds. The van der Waals surface area contributed by atoms with Gasteiger partial charge < -0.3 is 19.4 Å². The molecular weight excluding hydrogens is 296 g/mol. The third kappa shape index (κ3) is 2.92. The zero-order valence-corrected chi connectivity index (χ0v) is 13.5. The molecule has 0 aromatic heterocycles. The highest BCUT2D eigenvalue weighted by atomic mass is 16.5. The molecule has 1 aliphatic heterocycles. The van der Waals surface area contributed by atoms with Gasteiger partial charge in [-0.2, -0.15) is 0 Å². The fourth-order valence-corrected chi connectivity index (χ4v) is 3.39. The highest BCUT2D eigenvalue weighted by molar-refractivity contribution is 6.10. The number of ether oxygens (including phenoxy) is 2. The number of carbonyl (C=O) groups is 2. The van der Waals surface area contributed by atoms with Crippen molar-refractivity contribution in [2.45, 2.75) is 57.7 Å². The Bertz CT molecular complexity index is 629. The summed E-state index contributed by atoms with van der Waals surface area (Å²) in [6.07, 6.45) is 6.23. The van der Waals surface area contributed by atoms with Crippen LogP contribution < -0.4 is 9.47 Å². The van der Waals surface area contributed by atoms with E-state index in [1.54, 1.807) is 19.9 Å². The van der Waals surface area contributed by atoms with E-state index in [-0.39, 0.29) is 23.2 Å². The normalized spacial score (nSPS) is 23.7. The summed E-state index contributed by atoms with van der Waals surface area (Å²) in [4.78, 5) is 23.7. The van der Waals surface area contributed by atoms with Crippen LogP contribution in [0.1, 0.15) is 56.3 Å². The minimum absolute atomic E-state index is 0.0671. The summed E-state index contributed by atoms with van der Waals surface area (Å²) in [5.74, 6) is -0.746. The molecule has 1 aromatic rings. The van der Waals surface area contributed by atoms with E-state index in [2.05, 4.69) is 0 Å². The van der Waals surface area contributed by atoms with Crippen LogP contribution in [0.4, 0.5) is 0 Å². The second-order valence-corrected chi connectivity index (χ2v) is 6.88. The van der Waals surface area contributed by atoms with Crippen molar-refractivity contribution in [3.05, 3.63) is 17.7 Å². The summed E-state index contributed by atoms with van der Waals surface area (Å²) in [5, 5.41) is 10.2. The zero-order chi connectivity index (χ0) is 16.6. The molecule has 124 valence electrons. The highest BCUT2D eigenvalue weighted by Crippen LogP contribution is 2.43. The number of ketones is 1. The van der Waals surface area contributed by atoms with Crippen molar-refractivity contribution in [2.24, 2.45) is 5.92 Å². The van der Waals surface area contributed by atoms with Crippen molar-refractivity contribution >= 4 is 12.1 Å². The number of hydrogen-bond donors (Lipinski definition) is 1. The molecule has 1 aliphatic carbocycles. The number of rotatable bonds is 3. The summed E-state index contributed by atoms with van der Waals surface area (Å²) < 4.78 is 11.7. The standard InChI is InChI=1S/C18H22O5/c1-18(2)13(10-19)17(21)16-14(20)8-12(9-15(16)23-18)22-11-6-4-3-5-7-11/h8-11,13,20H,3-7H2,1-2H3. The molecule has 1 atom stereocenters. The maximum Gasteiger partial charge on any atom is 0.184 e. The first-order valence-electron chi connectivity index (χ1n) is 8.14. The predicted octanol–water partition coefficient (Wildman–Crippen LogP) is 3.27. The van der Waals surface area contributed by atoms with Gasteiger partial charge in [-0.05, 0) is 39.5 Å². The summed E-state index contributed by atoms with van der Waals surface area (Å²) in [6.45, 7) is 3.39. The van der Waals surface area contributed by atoms with Gasteiger partial charge in [0.1, 0.15) is 40.6 Å². The monoisotopic (exact) mass is 318 g/mol. The summed E-state index contributed by atoms with van der Waals surface area (Å²) in [5.41, 5.74) is -0.876. The van der Waals surface area contributed by atoms with Crippen LogP contribution in [0, 0.1) is 5.92 Å². The lowest BCUT2D eigenvalue weighted by Crippen LogP contribution is -2.46. The van der Waals surface area contributed by atoms with Crippen molar-refractivity contribution in [1.29, 1.82) is 0 Å². The Morgan fingerprint density at radius 3 is 2.61 bits per heavy atom. The molecule has 1 N–H and O–H groups in total. The Morgan fingerprint density at radius 2 is 1.96 bits per heavy atom. The van der Waals surface area contributed by atoms with Crippen molar-refractivity contribution in [3.63, 3.8) is 0 Å². The Morgan fingerprint density at radius 1 is 1.26 bits per heavy atom. The molecule has 23 heavy (non-hydrogen) atoms. The number of hydrogen-bond acceptors (Lipinski definition) is 5. The largest absolute Gasteiger partial charge is 0.507 e. The van der Waals surface area contributed by atoms with Gasteiger partial charge in [-0.3, -0.25) is 4.79 Å². The van der Waals surface area contributed by atoms with Crippen LogP contribution in [0.25, 0.3) is 0 Å². The number of carbonyl (C=O) groups excluding carboxylic acids is 2. The van der Waals surface area contributed by atoms with Crippen LogP contribution in [-0.2, 0) is 4.79 Å². The summed E-state index contributed by atoms with van der Waals surface area (Å²) in [6, 6.07) is 3.08. The van der Waals surface area contributed by atoms with E-state index in [9.17, 15) is 14.7 Å². The van der Waals surface area contributed by atoms with Crippen LogP contribution in [0.5, 0.6) is 17.2 Å². The molecular formula is C18H22O5. The maximum atomic E-state index is 12.5. The van der Waals surface area contributed by atoms with E-state index in [0.29, 0.717) is 12.0 Å². The van der Waals surface area contributed by atoms with Crippen LogP contribution in [-0.4, -0.2) is 28.9 Å². The number of Topliss-reactive ketones (excluding diaryl/α,β-unsaturated/α-hetero) is 1. The van der Waals surface area contributed by atoms with E-state index < -0.39 is 17.3 Å². The van der Waals surface area contributed by atoms with Gasteiger partial charge in [0.05, 0.1) is 6.10 Å². The summed E-state index contributed by atoms with van der Waals surface area (Å²) >= 11 is 0. The van der Waals surface area contributed by atoms with Crippen LogP contribution in [0.15, 0.2) is 12.1 Å². The molecule has 3 rings (SSSR count). The minimum Gasteiger partial charge on any atom is -0.507 e. The van der Waals surface area contributed by atoms with Gasteiger partial charge in [-0.25, -0.2) is 0 Å². The van der Waals surface area contributed by atoms with Gasteiger partial charge in [-0.15, -0.1) is 0 Å². The molecule has 5 heteroatoms.